The van der Waals surface area contributed by atoms with Gasteiger partial charge in [0, 0.05) is 48.7 Å². The molecule has 6 rings (SSSR count). The average Bonchev–Trinajstić information content (AvgIpc) is 3.53. The average molecular weight is 416 g/mol. The summed E-state index contributed by atoms with van der Waals surface area (Å²) in [6.07, 6.45) is 8.67. The van der Waals surface area contributed by atoms with Crippen LogP contribution in [0.15, 0.2) is 36.7 Å². The lowest BCUT2D eigenvalue weighted by Crippen LogP contribution is -2.47. The van der Waals surface area contributed by atoms with Gasteiger partial charge in [-0.25, -0.2) is 0 Å². The number of anilines is 1. The third-order valence-corrected chi connectivity index (χ3v) is 6.78. The number of aryl methyl sites for hydroxylation is 1. The zero-order valence-corrected chi connectivity index (χ0v) is 17.7. The van der Waals surface area contributed by atoms with Crippen LogP contribution in [0.3, 0.4) is 0 Å². The van der Waals surface area contributed by atoms with Crippen LogP contribution < -0.4 is 10.2 Å². The number of aromatic nitrogens is 7. The zero-order valence-electron chi connectivity index (χ0n) is 17.7. The maximum Gasteiger partial charge on any atom is 0.151 e. The van der Waals surface area contributed by atoms with E-state index in [4.69, 9.17) is 0 Å². The number of piperidine rings is 1. The van der Waals surface area contributed by atoms with Crippen LogP contribution in [0.4, 0.5) is 5.82 Å². The highest BCUT2D eigenvalue weighted by Gasteiger charge is 2.35. The first-order valence-electron chi connectivity index (χ1n) is 10.8. The molecule has 3 atom stereocenters. The molecule has 0 aliphatic carbocycles. The molecule has 0 radical (unpaired) electrons. The third-order valence-electron chi connectivity index (χ3n) is 6.78. The predicted octanol–water partition coefficient (Wildman–Crippen LogP) is 2.53. The number of nitrogens with one attached hydrogen (secondary N) is 2. The molecule has 9 nitrogen and oxygen atoms in total. The molecular weight excluding hydrogens is 390 g/mol. The third kappa shape index (κ3) is 3.16. The second-order valence-electron chi connectivity index (χ2n) is 8.75. The van der Waals surface area contributed by atoms with Gasteiger partial charge in [-0.2, -0.15) is 5.10 Å². The number of hydrogen-bond donors (Lipinski definition) is 2. The number of rotatable bonds is 4. The Kier molecular flexibility index (Phi) is 4.24. The molecule has 5 heterocycles. The van der Waals surface area contributed by atoms with E-state index in [-0.39, 0.29) is 0 Å². The van der Waals surface area contributed by atoms with E-state index in [1.54, 1.807) is 4.68 Å². The molecule has 1 aromatic carbocycles. The Bertz CT molecular complexity index is 1210. The van der Waals surface area contributed by atoms with Crippen molar-refractivity contribution in [3.63, 3.8) is 0 Å². The fourth-order valence-corrected chi connectivity index (χ4v) is 5.13. The van der Waals surface area contributed by atoms with Crippen LogP contribution in [0, 0.1) is 0 Å². The summed E-state index contributed by atoms with van der Waals surface area (Å²) in [5.74, 6) is 0.923. The largest absolute Gasteiger partial charge is 0.355 e. The maximum absolute atomic E-state index is 4.57. The van der Waals surface area contributed by atoms with Crippen molar-refractivity contribution >= 4 is 16.7 Å². The Morgan fingerprint density at radius 2 is 1.77 bits per heavy atom. The molecular formula is C22H25N9. The van der Waals surface area contributed by atoms with Crippen LogP contribution >= 0.6 is 0 Å². The van der Waals surface area contributed by atoms with Gasteiger partial charge in [0.1, 0.15) is 5.69 Å². The van der Waals surface area contributed by atoms with Crippen molar-refractivity contribution < 1.29 is 0 Å². The normalized spacial score (nSPS) is 22.8. The second kappa shape index (κ2) is 7.12. The smallest absolute Gasteiger partial charge is 0.151 e. The molecule has 2 aliphatic rings. The topological polar surface area (TPSA) is 100 Å². The van der Waals surface area contributed by atoms with E-state index in [2.05, 4.69) is 54.0 Å². The Labute approximate surface area is 179 Å². The lowest BCUT2D eigenvalue weighted by Gasteiger charge is -2.36. The molecule has 2 N–H and O–H groups in total. The van der Waals surface area contributed by atoms with Crippen molar-refractivity contribution in [2.45, 2.75) is 43.8 Å². The van der Waals surface area contributed by atoms with E-state index >= 15 is 0 Å². The molecule has 158 valence electrons. The summed E-state index contributed by atoms with van der Waals surface area (Å²) in [5.41, 5.74) is 4.53. The number of aromatic amines is 1. The summed E-state index contributed by atoms with van der Waals surface area (Å²) in [7, 11) is 4.00. The van der Waals surface area contributed by atoms with Crippen molar-refractivity contribution in [1.82, 2.24) is 40.7 Å². The second-order valence-corrected chi connectivity index (χ2v) is 8.75. The van der Waals surface area contributed by atoms with Crippen molar-refractivity contribution in [3.8, 4) is 22.5 Å². The summed E-state index contributed by atoms with van der Waals surface area (Å²) in [6.45, 7) is 0. The van der Waals surface area contributed by atoms with Crippen LogP contribution in [0.25, 0.3) is 33.4 Å². The maximum atomic E-state index is 4.57. The van der Waals surface area contributed by atoms with Crippen molar-refractivity contribution in [1.29, 1.82) is 0 Å². The lowest BCUT2D eigenvalue weighted by molar-refractivity contribution is 0.353. The molecule has 31 heavy (non-hydrogen) atoms. The van der Waals surface area contributed by atoms with E-state index < -0.39 is 0 Å². The molecule has 2 fully saturated rings. The summed E-state index contributed by atoms with van der Waals surface area (Å²) in [4.78, 5) is 2.30. The molecule has 1 unspecified atom stereocenters. The summed E-state index contributed by atoms with van der Waals surface area (Å²) in [5, 5.41) is 29.5. The van der Waals surface area contributed by atoms with Gasteiger partial charge in [0.25, 0.3) is 0 Å². The number of benzene rings is 1. The SMILES string of the molecule is CN(c1ccc(-c2ccc(-c3cn(C)nn3)c3cn[nH]c23)nn1)C1C[C@H]2CC[C@@H](C1)N2. The van der Waals surface area contributed by atoms with Crippen molar-refractivity contribution in [2.24, 2.45) is 7.05 Å². The predicted molar refractivity (Wildman–Crippen MR) is 118 cm³/mol. The van der Waals surface area contributed by atoms with Crippen LogP contribution in [0.1, 0.15) is 25.7 Å². The van der Waals surface area contributed by atoms with Crippen molar-refractivity contribution in [3.05, 3.63) is 36.7 Å². The molecule has 2 aliphatic heterocycles. The summed E-state index contributed by atoms with van der Waals surface area (Å²) in [6, 6.07) is 10.0. The number of H-pyrrole nitrogens is 1. The Hall–Kier alpha value is -3.33. The van der Waals surface area contributed by atoms with Gasteiger partial charge in [-0.1, -0.05) is 11.3 Å². The highest BCUT2D eigenvalue weighted by atomic mass is 15.4. The van der Waals surface area contributed by atoms with Gasteiger partial charge < -0.3 is 10.2 Å². The van der Waals surface area contributed by atoms with E-state index in [1.807, 2.05) is 37.6 Å². The van der Waals surface area contributed by atoms with Crippen LogP contribution in [-0.4, -0.2) is 60.6 Å². The van der Waals surface area contributed by atoms with Crippen molar-refractivity contribution in [2.75, 3.05) is 11.9 Å². The van der Waals surface area contributed by atoms with E-state index in [0.29, 0.717) is 18.1 Å². The number of fused-ring (bicyclic) bond motifs is 3. The van der Waals surface area contributed by atoms with Crippen LogP contribution in [0.5, 0.6) is 0 Å². The first-order valence-corrected chi connectivity index (χ1v) is 10.8. The monoisotopic (exact) mass is 415 g/mol. The Morgan fingerprint density at radius 3 is 2.48 bits per heavy atom. The minimum atomic E-state index is 0.518. The highest BCUT2D eigenvalue weighted by molar-refractivity contribution is 6.01. The fourth-order valence-electron chi connectivity index (χ4n) is 5.13. The molecule has 0 spiro atoms. The van der Waals surface area contributed by atoms with Crippen LogP contribution in [-0.2, 0) is 7.05 Å². The summed E-state index contributed by atoms with van der Waals surface area (Å²) >= 11 is 0. The van der Waals surface area contributed by atoms with Gasteiger partial charge in [-0.05, 0) is 43.9 Å². The fraction of sp³-hybridized carbons (Fsp3) is 0.409. The highest BCUT2D eigenvalue weighted by Crippen LogP contribution is 2.34. The van der Waals surface area contributed by atoms with Gasteiger partial charge in [0.15, 0.2) is 5.82 Å². The quantitative estimate of drug-likeness (QED) is 0.528. The lowest BCUT2D eigenvalue weighted by atomic mass is 9.98. The van der Waals surface area contributed by atoms with Crippen LogP contribution in [0.2, 0.25) is 0 Å². The van der Waals surface area contributed by atoms with E-state index in [1.165, 1.54) is 25.7 Å². The number of nitrogens with zero attached hydrogens (tertiary/aromatic N) is 7. The molecule has 9 heteroatoms. The Morgan fingerprint density at radius 1 is 0.968 bits per heavy atom. The molecule has 0 amide bonds. The number of hydrogen-bond acceptors (Lipinski definition) is 7. The van der Waals surface area contributed by atoms with E-state index in [9.17, 15) is 0 Å². The molecule has 0 saturated carbocycles. The minimum Gasteiger partial charge on any atom is -0.355 e. The molecule has 4 aromatic rings. The van der Waals surface area contributed by atoms with Gasteiger partial charge in [0.05, 0.1) is 23.6 Å². The van der Waals surface area contributed by atoms with Gasteiger partial charge >= 0.3 is 0 Å². The minimum absolute atomic E-state index is 0.518. The van der Waals surface area contributed by atoms with Gasteiger partial charge in [-0.15, -0.1) is 15.3 Å². The molecule has 2 saturated heterocycles. The molecule has 2 bridgehead atoms. The van der Waals surface area contributed by atoms with E-state index in [0.717, 1.165) is 39.2 Å². The standard InChI is InChI=1S/C22H25N9/c1-30-12-20(26-29-30)16-5-6-17(22-18(16)11-23-28-22)19-7-8-21(27-25-19)31(2)15-9-13-3-4-14(10-15)24-13/h5-8,11-15,24H,3-4,9-10H2,1-2H3,(H,23,28)/t13-,14+,15?. The Balaban J connectivity index is 1.30. The molecule has 3 aromatic heterocycles. The summed E-state index contributed by atoms with van der Waals surface area (Å²) < 4.78 is 1.70. The first-order chi connectivity index (χ1) is 15.2. The first kappa shape index (κ1) is 18.4. The van der Waals surface area contributed by atoms with Gasteiger partial charge in [0.2, 0.25) is 0 Å². The zero-order chi connectivity index (χ0) is 20.9. The van der Waals surface area contributed by atoms with Gasteiger partial charge in [-0.3, -0.25) is 9.78 Å².